The van der Waals surface area contributed by atoms with Crippen LogP contribution in [0, 0.1) is 0 Å². The molecule has 164 valence electrons. The van der Waals surface area contributed by atoms with Crippen LogP contribution >= 0.6 is 0 Å². The first-order valence-corrected chi connectivity index (χ1v) is 10.9. The standard InChI is InChI=1S/C24H26N6O2/c1-3-17-14-25-24(26-15-17)29-9-7-19(8-10-29)32-23-13-22(27-16-28-23)30-11-6-18-12-20(31-2)4-5-21(18)30/h4-6,11-16,19H,3,7-10H2,1-2H3. The van der Waals surface area contributed by atoms with Crippen molar-refractivity contribution in [2.45, 2.75) is 32.3 Å². The Morgan fingerprint density at radius 2 is 1.81 bits per heavy atom. The molecule has 0 bridgehead atoms. The molecule has 8 nitrogen and oxygen atoms in total. The second kappa shape index (κ2) is 8.82. The molecule has 0 saturated carbocycles. The summed E-state index contributed by atoms with van der Waals surface area (Å²) in [5.74, 6) is 2.99. The predicted molar refractivity (Wildman–Crippen MR) is 123 cm³/mol. The van der Waals surface area contributed by atoms with Gasteiger partial charge in [0.25, 0.3) is 0 Å². The Hall–Kier alpha value is -3.68. The minimum Gasteiger partial charge on any atom is -0.497 e. The molecule has 5 rings (SSSR count). The average molecular weight is 431 g/mol. The van der Waals surface area contributed by atoms with Crippen LogP contribution in [0.5, 0.6) is 11.6 Å². The molecule has 1 aliphatic heterocycles. The van der Waals surface area contributed by atoms with Gasteiger partial charge in [0, 0.05) is 56.0 Å². The number of aromatic nitrogens is 5. The van der Waals surface area contributed by atoms with Crippen LogP contribution in [0.1, 0.15) is 25.3 Å². The molecule has 1 aromatic carbocycles. The topological polar surface area (TPSA) is 78.2 Å². The van der Waals surface area contributed by atoms with E-state index in [4.69, 9.17) is 9.47 Å². The summed E-state index contributed by atoms with van der Waals surface area (Å²) in [7, 11) is 1.67. The fourth-order valence-electron chi connectivity index (χ4n) is 4.01. The van der Waals surface area contributed by atoms with Crippen LogP contribution in [0.3, 0.4) is 0 Å². The van der Waals surface area contributed by atoms with Gasteiger partial charge in [-0.15, -0.1) is 0 Å². The van der Waals surface area contributed by atoms with Gasteiger partial charge in [0.15, 0.2) is 0 Å². The van der Waals surface area contributed by atoms with Crippen LogP contribution in [0.4, 0.5) is 5.95 Å². The molecule has 0 amide bonds. The second-order valence-electron chi connectivity index (χ2n) is 7.87. The number of anilines is 1. The van der Waals surface area contributed by atoms with Gasteiger partial charge in [-0.05, 0) is 36.2 Å². The summed E-state index contributed by atoms with van der Waals surface area (Å²) in [5, 5.41) is 1.09. The van der Waals surface area contributed by atoms with Crippen LogP contribution in [0.2, 0.25) is 0 Å². The quantitative estimate of drug-likeness (QED) is 0.460. The minimum absolute atomic E-state index is 0.106. The van der Waals surface area contributed by atoms with E-state index in [2.05, 4.69) is 31.8 Å². The van der Waals surface area contributed by atoms with E-state index >= 15 is 0 Å². The number of methoxy groups -OCH3 is 1. The molecule has 0 atom stereocenters. The molecule has 1 aliphatic rings. The van der Waals surface area contributed by atoms with Crippen LogP contribution in [-0.4, -0.2) is 50.8 Å². The van der Waals surface area contributed by atoms with Crippen molar-refractivity contribution in [1.82, 2.24) is 24.5 Å². The number of fused-ring (bicyclic) bond motifs is 1. The highest BCUT2D eigenvalue weighted by Crippen LogP contribution is 2.26. The maximum absolute atomic E-state index is 6.21. The van der Waals surface area contributed by atoms with Gasteiger partial charge in [0.2, 0.25) is 11.8 Å². The zero-order valence-corrected chi connectivity index (χ0v) is 18.3. The Morgan fingerprint density at radius 1 is 1.00 bits per heavy atom. The van der Waals surface area contributed by atoms with Crippen LogP contribution in [-0.2, 0) is 6.42 Å². The highest BCUT2D eigenvalue weighted by atomic mass is 16.5. The highest BCUT2D eigenvalue weighted by molar-refractivity contribution is 5.83. The van der Waals surface area contributed by atoms with Gasteiger partial charge in [0.05, 0.1) is 12.6 Å². The predicted octanol–water partition coefficient (Wildman–Crippen LogP) is 3.83. The van der Waals surface area contributed by atoms with Crippen molar-refractivity contribution in [3.8, 4) is 17.4 Å². The maximum Gasteiger partial charge on any atom is 0.225 e. The largest absolute Gasteiger partial charge is 0.497 e. The lowest BCUT2D eigenvalue weighted by Gasteiger charge is -2.31. The molecule has 0 N–H and O–H groups in total. The number of ether oxygens (including phenoxy) is 2. The van der Waals surface area contributed by atoms with Crippen LogP contribution < -0.4 is 14.4 Å². The van der Waals surface area contributed by atoms with Crippen molar-refractivity contribution < 1.29 is 9.47 Å². The molecule has 0 aliphatic carbocycles. The van der Waals surface area contributed by atoms with Crippen molar-refractivity contribution in [3.63, 3.8) is 0 Å². The summed E-state index contributed by atoms with van der Waals surface area (Å²) in [5.41, 5.74) is 2.21. The Balaban J connectivity index is 1.26. The monoisotopic (exact) mass is 430 g/mol. The zero-order chi connectivity index (χ0) is 21.9. The normalized spacial score (nSPS) is 14.6. The van der Waals surface area contributed by atoms with E-state index in [0.29, 0.717) is 5.88 Å². The molecular formula is C24H26N6O2. The first-order chi connectivity index (χ1) is 15.7. The van der Waals surface area contributed by atoms with E-state index in [0.717, 1.165) is 66.3 Å². The zero-order valence-electron chi connectivity index (χ0n) is 18.3. The third-order valence-electron chi connectivity index (χ3n) is 5.88. The third kappa shape index (κ3) is 4.08. The van der Waals surface area contributed by atoms with Crippen molar-refractivity contribution in [1.29, 1.82) is 0 Å². The first-order valence-electron chi connectivity index (χ1n) is 10.9. The van der Waals surface area contributed by atoms with E-state index in [1.807, 2.05) is 53.5 Å². The fraction of sp³-hybridized carbons (Fsp3) is 0.333. The van der Waals surface area contributed by atoms with Gasteiger partial charge in [0.1, 0.15) is 24.0 Å². The molecule has 0 spiro atoms. The van der Waals surface area contributed by atoms with Crippen molar-refractivity contribution >= 4 is 16.9 Å². The number of aryl methyl sites for hydroxylation is 1. The SMILES string of the molecule is CCc1cnc(N2CCC(Oc3cc(-n4ccc5cc(OC)ccc54)ncn3)CC2)nc1. The van der Waals surface area contributed by atoms with Gasteiger partial charge < -0.3 is 18.9 Å². The molecule has 8 heteroatoms. The van der Waals surface area contributed by atoms with Gasteiger partial charge in [-0.1, -0.05) is 6.92 Å². The van der Waals surface area contributed by atoms with Crippen molar-refractivity contribution in [2.75, 3.05) is 25.1 Å². The average Bonchev–Trinajstić information content (AvgIpc) is 3.28. The minimum atomic E-state index is 0.106. The molecule has 0 unspecified atom stereocenters. The lowest BCUT2D eigenvalue weighted by atomic mass is 10.1. The Kier molecular flexibility index (Phi) is 5.58. The van der Waals surface area contributed by atoms with Gasteiger partial charge in [-0.2, -0.15) is 0 Å². The summed E-state index contributed by atoms with van der Waals surface area (Å²) >= 11 is 0. The Labute approximate surface area is 186 Å². The smallest absolute Gasteiger partial charge is 0.225 e. The number of benzene rings is 1. The lowest BCUT2D eigenvalue weighted by Crippen LogP contribution is -2.39. The summed E-state index contributed by atoms with van der Waals surface area (Å²) in [6, 6.07) is 9.93. The second-order valence-corrected chi connectivity index (χ2v) is 7.87. The molecular weight excluding hydrogens is 404 g/mol. The summed E-state index contributed by atoms with van der Waals surface area (Å²) in [6.07, 6.45) is 10.2. The number of piperidine rings is 1. The number of rotatable bonds is 6. The van der Waals surface area contributed by atoms with Gasteiger partial charge in [-0.3, -0.25) is 0 Å². The molecule has 1 fully saturated rings. The van der Waals surface area contributed by atoms with E-state index in [9.17, 15) is 0 Å². The molecule has 0 radical (unpaired) electrons. The van der Waals surface area contributed by atoms with Gasteiger partial charge in [-0.25, -0.2) is 19.9 Å². The highest BCUT2D eigenvalue weighted by Gasteiger charge is 2.23. The van der Waals surface area contributed by atoms with E-state index in [-0.39, 0.29) is 6.10 Å². The summed E-state index contributed by atoms with van der Waals surface area (Å²) < 4.78 is 13.6. The molecule has 4 aromatic rings. The fourth-order valence-corrected chi connectivity index (χ4v) is 4.01. The van der Waals surface area contributed by atoms with E-state index < -0.39 is 0 Å². The molecule has 3 aromatic heterocycles. The van der Waals surface area contributed by atoms with E-state index in [1.165, 1.54) is 0 Å². The lowest BCUT2D eigenvalue weighted by molar-refractivity contribution is 0.163. The van der Waals surface area contributed by atoms with Crippen LogP contribution in [0.25, 0.3) is 16.7 Å². The number of hydrogen-bond donors (Lipinski definition) is 0. The Morgan fingerprint density at radius 3 is 2.56 bits per heavy atom. The van der Waals surface area contributed by atoms with Gasteiger partial charge >= 0.3 is 0 Å². The Bertz CT molecular complexity index is 1200. The maximum atomic E-state index is 6.21. The third-order valence-corrected chi connectivity index (χ3v) is 5.88. The number of hydrogen-bond acceptors (Lipinski definition) is 7. The molecule has 32 heavy (non-hydrogen) atoms. The summed E-state index contributed by atoms with van der Waals surface area (Å²) in [6.45, 7) is 3.83. The first kappa shape index (κ1) is 20.2. The van der Waals surface area contributed by atoms with Crippen LogP contribution in [0.15, 0.2) is 55.2 Å². The van der Waals surface area contributed by atoms with E-state index in [1.54, 1.807) is 13.4 Å². The van der Waals surface area contributed by atoms with Crippen molar-refractivity contribution in [3.05, 3.63) is 60.8 Å². The summed E-state index contributed by atoms with van der Waals surface area (Å²) in [4.78, 5) is 20.0. The molecule has 4 heterocycles. The van der Waals surface area contributed by atoms with Crippen molar-refractivity contribution in [2.24, 2.45) is 0 Å². The number of nitrogens with zero attached hydrogens (tertiary/aromatic N) is 6. The molecule has 1 saturated heterocycles.